The van der Waals surface area contributed by atoms with Crippen molar-refractivity contribution in [2.75, 3.05) is 19.5 Å². The standard InChI is InChI=1S/C11H16FNO3S/c1-11(2,16-17-12)7-15-9-5-4-8(13)6-10(9)14-3/h4-6H,7,13H2,1-3H3. The highest BCUT2D eigenvalue weighted by Crippen LogP contribution is 2.30. The average molecular weight is 261 g/mol. The fourth-order valence-corrected chi connectivity index (χ4v) is 1.38. The topological polar surface area (TPSA) is 53.7 Å². The van der Waals surface area contributed by atoms with Gasteiger partial charge in [-0.2, -0.15) is 0 Å². The number of nitrogens with two attached hydrogens (primary N) is 1. The van der Waals surface area contributed by atoms with E-state index in [0.29, 0.717) is 17.2 Å². The van der Waals surface area contributed by atoms with Crippen LogP contribution in [0, 0.1) is 0 Å². The molecule has 0 heterocycles. The van der Waals surface area contributed by atoms with Gasteiger partial charge in [0.2, 0.25) is 12.4 Å². The Morgan fingerprint density at radius 2 is 2.06 bits per heavy atom. The molecule has 0 radical (unpaired) electrons. The van der Waals surface area contributed by atoms with E-state index in [2.05, 4.69) is 0 Å². The molecule has 0 aliphatic heterocycles. The second-order valence-corrected chi connectivity index (χ2v) is 4.40. The Bertz CT molecular complexity index is 374. The van der Waals surface area contributed by atoms with Crippen LogP contribution in [0.25, 0.3) is 0 Å². The van der Waals surface area contributed by atoms with E-state index in [0.717, 1.165) is 0 Å². The number of rotatable bonds is 6. The highest BCUT2D eigenvalue weighted by molar-refractivity contribution is 7.89. The van der Waals surface area contributed by atoms with Crippen LogP contribution in [0.5, 0.6) is 11.5 Å². The lowest BCUT2D eigenvalue weighted by atomic mass is 10.2. The molecule has 1 rings (SSSR count). The second-order valence-electron chi connectivity index (χ2n) is 4.10. The molecule has 17 heavy (non-hydrogen) atoms. The molecule has 96 valence electrons. The first-order valence-electron chi connectivity index (χ1n) is 5.01. The molecule has 0 aliphatic carbocycles. The Morgan fingerprint density at radius 1 is 1.35 bits per heavy atom. The first-order chi connectivity index (χ1) is 7.98. The van der Waals surface area contributed by atoms with Gasteiger partial charge >= 0.3 is 0 Å². The number of methoxy groups -OCH3 is 1. The number of hydrogen-bond acceptors (Lipinski definition) is 5. The van der Waals surface area contributed by atoms with Crippen LogP contribution in [0.3, 0.4) is 0 Å². The van der Waals surface area contributed by atoms with Crippen LogP contribution >= 0.6 is 12.4 Å². The summed E-state index contributed by atoms with van der Waals surface area (Å²) in [4.78, 5) is 0. The summed E-state index contributed by atoms with van der Waals surface area (Å²) in [5.74, 6) is 1.08. The van der Waals surface area contributed by atoms with Crippen LogP contribution in [0.4, 0.5) is 9.57 Å². The third-order valence-electron chi connectivity index (χ3n) is 2.02. The van der Waals surface area contributed by atoms with Gasteiger partial charge < -0.3 is 15.2 Å². The molecule has 0 saturated heterocycles. The van der Waals surface area contributed by atoms with Gasteiger partial charge in [-0.1, -0.05) is 0 Å². The minimum atomic E-state index is -0.730. The van der Waals surface area contributed by atoms with E-state index in [-0.39, 0.29) is 19.0 Å². The third kappa shape index (κ3) is 4.32. The van der Waals surface area contributed by atoms with Crippen molar-refractivity contribution in [1.82, 2.24) is 0 Å². The molecule has 0 aromatic heterocycles. The Balaban J connectivity index is 2.69. The monoisotopic (exact) mass is 261 g/mol. The smallest absolute Gasteiger partial charge is 0.208 e. The first-order valence-corrected chi connectivity index (χ1v) is 5.65. The van der Waals surface area contributed by atoms with Crippen molar-refractivity contribution in [2.45, 2.75) is 19.4 Å². The largest absolute Gasteiger partial charge is 0.493 e. The molecule has 1 aromatic rings. The van der Waals surface area contributed by atoms with Gasteiger partial charge in [0.15, 0.2) is 11.5 Å². The third-order valence-corrected chi connectivity index (χ3v) is 2.53. The Morgan fingerprint density at radius 3 is 2.65 bits per heavy atom. The number of ether oxygens (including phenoxy) is 2. The van der Waals surface area contributed by atoms with Gasteiger partial charge in [0, 0.05) is 11.8 Å². The van der Waals surface area contributed by atoms with E-state index >= 15 is 0 Å². The lowest BCUT2D eigenvalue weighted by Crippen LogP contribution is -2.29. The molecule has 0 atom stereocenters. The summed E-state index contributed by atoms with van der Waals surface area (Å²) in [7, 11) is 1.53. The zero-order valence-corrected chi connectivity index (χ0v) is 10.8. The maximum Gasteiger partial charge on any atom is 0.208 e. The van der Waals surface area contributed by atoms with Crippen LogP contribution in [0.1, 0.15) is 13.8 Å². The molecule has 4 nitrogen and oxygen atoms in total. The predicted octanol–water partition coefficient (Wildman–Crippen LogP) is 2.98. The Hall–Kier alpha value is -1.14. The summed E-state index contributed by atoms with van der Waals surface area (Å²) >= 11 is -0.175. The van der Waals surface area contributed by atoms with Crippen molar-refractivity contribution in [2.24, 2.45) is 0 Å². The van der Waals surface area contributed by atoms with Crippen molar-refractivity contribution in [3.8, 4) is 11.5 Å². The van der Waals surface area contributed by atoms with Crippen molar-refractivity contribution in [3.63, 3.8) is 0 Å². The van der Waals surface area contributed by atoms with Gasteiger partial charge in [0.25, 0.3) is 0 Å². The van der Waals surface area contributed by atoms with Crippen molar-refractivity contribution >= 4 is 18.1 Å². The van der Waals surface area contributed by atoms with E-state index in [1.807, 2.05) is 0 Å². The van der Waals surface area contributed by atoms with Crippen LogP contribution in [0.2, 0.25) is 0 Å². The zero-order chi connectivity index (χ0) is 12.9. The van der Waals surface area contributed by atoms with Crippen molar-refractivity contribution < 1.29 is 17.5 Å². The normalized spacial score (nSPS) is 11.3. The number of nitrogen functional groups attached to an aromatic ring is 1. The van der Waals surface area contributed by atoms with Crippen LogP contribution < -0.4 is 15.2 Å². The fourth-order valence-electron chi connectivity index (χ4n) is 1.16. The van der Waals surface area contributed by atoms with Gasteiger partial charge in [0.1, 0.15) is 12.2 Å². The zero-order valence-electron chi connectivity index (χ0n) is 10.0. The minimum absolute atomic E-state index is 0.175. The van der Waals surface area contributed by atoms with E-state index in [1.165, 1.54) is 7.11 Å². The van der Waals surface area contributed by atoms with Gasteiger partial charge in [-0.15, -0.1) is 3.89 Å². The summed E-state index contributed by atoms with van der Waals surface area (Å²) in [5, 5.41) is 0. The van der Waals surface area contributed by atoms with E-state index in [1.54, 1.807) is 32.0 Å². The Labute approximate surface area is 105 Å². The highest BCUT2D eigenvalue weighted by Gasteiger charge is 2.21. The number of anilines is 1. The molecule has 0 amide bonds. The van der Waals surface area contributed by atoms with Gasteiger partial charge in [-0.25, -0.2) is 0 Å². The maximum atomic E-state index is 12.0. The molecule has 0 unspecified atom stereocenters. The van der Waals surface area contributed by atoms with Crippen LogP contribution in [0.15, 0.2) is 18.2 Å². The molecular weight excluding hydrogens is 245 g/mol. The van der Waals surface area contributed by atoms with Gasteiger partial charge in [0.05, 0.1) is 7.11 Å². The van der Waals surface area contributed by atoms with Crippen molar-refractivity contribution in [1.29, 1.82) is 0 Å². The SMILES string of the molecule is COc1cc(N)ccc1OCC(C)(C)OSF. The minimum Gasteiger partial charge on any atom is -0.493 e. The lowest BCUT2D eigenvalue weighted by molar-refractivity contribution is 0.0676. The second kappa shape index (κ2) is 5.97. The number of halogens is 1. The fraction of sp³-hybridized carbons (Fsp3) is 0.455. The molecule has 6 heteroatoms. The quantitative estimate of drug-likeness (QED) is 0.630. The number of hydrogen-bond donors (Lipinski definition) is 1. The average Bonchev–Trinajstić information content (AvgIpc) is 2.27. The van der Waals surface area contributed by atoms with Crippen molar-refractivity contribution in [3.05, 3.63) is 18.2 Å². The van der Waals surface area contributed by atoms with Crippen LogP contribution in [-0.4, -0.2) is 19.3 Å². The summed E-state index contributed by atoms with van der Waals surface area (Å²) in [6.45, 7) is 3.65. The number of benzene rings is 1. The molecule has 0 bridgehead atoms. The van der Waals surface area contributed by atoms with E-state index < -0.39 is 5.60 Å². The van der Waals surface area contributed by atoms with Gasteiger partial charge in [-0.05, 0) is 26.0 Å². The van der Waals surface area contributed by atoms with E-state index in [4.69, 9.17) is 19.4 Å². The van der Waals surface area contributed by atoms with Crippen LogP contribution in [-0.2, 0) is 4.18 Å². The predicted molar refractivity (Wildman–Crippen MR) is 66.8 cm³/mol. The molecular formula is C11H16FNO3S. The van der Waals surface area contributed by atoms with E-state index in [9.17, 15) is 3.89 Å². The molecule has 1 aromatic carbocycles. The maximum absolute atomic E-state index is 12.0. The molecule has 0 fully saturated rings. The summed E-state index contributed by atoms with van der Waals surface area (Å²) in [6, 6.07) is 5.07. The summed E-state index contributed by atoms with van der Waals surface area (Å²) < 4.78 is 27.5. The first kappa shape index (κ1) is 13.9. The summed E-state index contributed by atoms with van der Waals surface area (Å²) in [5.41, 5.74) is 5.48. The molecule has 0 aliphatic rings. The lowest BCUT2D eigenvalue weighted by Gasteiger charge is -2.22. The highest BCUT2D eigenvalue weighted by atomic mass is 32.2. The Kier molecular flexibility index (Phi) is 4.89. The summed E-state index contributed by atoms with van der Waals surface area (Å²) in [6.07, 6.45) is 0. The van der Waals surface area contributed by atoms with Gasteiger partial charge in [-0.3, -0.25) is 4.18 Å². The molecule has 2 N–H and O–H groups in total. The molecule has 0 saturated carbocycles. The molecule has 0 spiro atoms.